The number of pyridine rings is 1. The minimum atomic E-state index is -0.296. The van der Waals surface area contributed by atoms with Crippen molar-refractivity contribution < 1.29 is 18.7 Å². The number of amides is 1. The van der Waals surface area contributed by atoms with Crippen LogP contribution in [0, 0.1) is 0 Å². The number of nitrogens with zero attached hydrogens (tertiary/aromatic N) is 2. The van der Waals surface area contributed by atoms with Gasteiger partial charge < -0.3 is 19.2 Å². The van der Waals surface area contributed by atoms with Crippen LogP contribution in [0.3, 0.4) is 0 Å². The maximum atomic E-state index is 12.3. The van der Waals surface area contributed by atoms with Crippen LogP contribution in [0.15, 0.2) is 71.5 Å². The summed E-state index contributed by atoms with van der Waals surface area (Å²) in [6, 6.07) is 16.0. The normalized spacial score (nSPS) is 10.5. The lowest BCUT2D eigenvalue weighted by Crippen LogP contribution is -2.23. The standard InChI is InChI=1S/C21H18N4O4/c1-27-15-4-2-5-16(10-15)29-20-8-7-14(12-22-20)13-23-21(26)18-11-17(24-25-18)19-6-3-9-28-19/h2-12H,13H2,1H3,(H,23,26)(H,24,25). The van der Waals surface area contributed by atoms with E-state index < -0.39 is 0 Å². The first kappa shape index (κ1) is 18.3. The minimum absolute atomic E-state index is 0.280. The van der Waals surface area contributed by atoms with Crippen molar-refractivity contribution in [2.45, 2.75) is 6.54 Å². The molecule has 0 bridgehead atoms. The molecule has 0 saturated heterocycles. The number of ether oxygens (including phenoxy) is 2. The van der Waals surface area contributed by atoms with E-state index in [2.05, 4.69) is 20.5 Å². The number of benzene rings is 1. The quantitative estimate of drug-likeness (QED) is 0.498. The van der Waals surface area contributed by atoms with Gasteiger partial charge in [-0.15, -0.1) is 0 Å². The molecule has 4 rings (SSSR count). The van der Waals surface area contributed by atoms with Gasteiger partial charge in [-0.05, 0) is 29.8 Å². The average molecular weight is 390 g/mol. The summed E-state index contributed by atoms with van der Waals surface area (Å²) in [5, 5.41) is 9.61. The number of aromatic nitrogens is 3. The molecule has 0 aliphatic heterocycles. The largest absolute Gasteiger partial charge is 0.497 e. The number of H-pyrrole nitrogens is 1. The van der Waals surface area contributed by atoms with Crippen LogP contribution in [0.25, 0.3) is 11.5 Å². The molecule has 3 aromatic heterocycles. The number of aromatic amines is 1. The molecule has 0 fully saturated rings. The molecule has 2 N–H and O–H groups in total. The van der Waals surface area contributed by atoms with Crippen LogP contribution in [-0.2, 0) is 6.54 Å². The van der Waals surface area contributed by atoms with Crippen LogP contribution >= 0.6 is 0 Å². The van der Waals surface area contributed by atoms with E-state index >= 15 is 0 Å². The molecule has 1 aromatic carbocycles. The van der Waals surface area contributed by atoms with Crippen molar-refractivity contribution in [2.24, 2.45) is 0 Å². The Morgan fingerprint density at radius 1 is 1.14 bits per heavy atom. The number of methoxy groups -OCH3 is 1. The first-order valence-electron chi connectivity index (χ1n) is 8.85. The Balaban J connectivity index is 1.33. The summed E-state index contributed by atoms with van der Waals surface area (Å²) >= 11 is 0. The van der Waals surface area contributed by atoms with E-state index in [0.717, 1.165) is 5.56 Å². The summed E-state index contributed by atoms with van der Waals surface area (Å²) in [4.78, 5) is 16.6. The lowest BCUT2D eigenvalue weighted by molar-refractivity contribution is 0.0946. The van der Waals surface area contributed by atoms with Gasteiger partial charge in [0.2, 0.25) is 5.88 Å². The van der Waals surface area contributed by atoms with Gasteiger partial charge in [-0.1, -0.05) is 12.1 Å². The van der Waals surface area contributed by atoms with Crippen LogP contribution in [0.2, 0.25) is 0 Å². The highest BCUT2D eigenvalue weighted by molar-refractivity contribution is 5.93. The Bertz CT molecular complexity index is 1090. The molecule has 8 nitrogen and oxygen atoms in total. The maximum Gasteiger partial charge on any atom is 0.272 e. The van der Waals surface area contributed by atoms with Crippen molar-refractivity contribution in [1.29, 1.82) is 0 Å². The molecule has 0 atom stereocenters. The average Bonchev–Trinajstić information content (AvgIpc) is 3.45. The second-order valence-electron chi connectivity index (χ2n) is 6.11. The Morgan fingerprint density at radius 3 is 2.79 bits per heavy atom. The van der Waals surface area contributed by atoms with Crippen molar-refractivity contribution >= 4 is 5.91 Å². The molecule has 8 heteroatoms. The van der Waals surface area contributed by atoms with Gasteiger partial charge in [-0.2, -0.15) is 5.10 Å². The van der Waals surface area contributed by atoms with Crippen LogP contribution in [-0.4, -0.2) is 28.2 Å². The molecular weight excluding hydrogens is 372 g/mol. The highest BCUT2D eigenvalue weighted by atomic mass is 16.5. The van der Waals surface area contributed by atoms with Crippen molar-refractivity contribution in [2.75, 3.05) is 7.11 Å². The summed E-state index contributed by atoms with van der Waals surface area (Å²) in [6.45, 7) is 0.314. The highest BCUT2D eigenvalue weighted by Crippen LogP contribution is 2.24. The van der Waals surface area contributed by atoms with Gasteiger partial charge in [-0.3, -0.25) is 9.89 Å². The van der Waals surface area contributed by atoms with E-state index in [1.165, 1.54) is 0 Å². The van der Waals surface area contributed by atoms with E-state index in [0.29, 0.717) is 35.4 Å². The van der Waals surface area contributed by atoms with Gasteiger partial charge in [0.15, 0.2) is 11.5 Å². The number of hydrogen-bond acceptors (Lipinski definition) is 6. The monoisotopic (exact) mass is 390 g/mol. The van der Waals surface area contributed by atoms with Crippen LogP contribution in [0.1, 0.15) is 16.1 Å². The Morgan fingerprint density at radius 2 is 2.03 bits per heavy atom. The molecule has 146 valence electrons. The van der Waals surface area contributed by atoms with Gasteiger partial charge in [-0.25, -0.2) is 4.98 Å². The molecule has 0 saturated carbocycles. The fourth-order valence-electron chi connectivity index (χ4n) is 2.63. The number of hydrogen-bond donors (Lipinski definition) is 2. The van der Waals surface area contributed by atoms with Gasteiger partial charge in [0.25, 0.3) is 5.91 Å². The molecule has 29 heavy (non-hydrogen) atoms. The van der Waals surface area contributed by atoms with Gasteiger partial charge in [0, 0.05) is 30.9 Å². The second-order valence-corrected chi connectivity index (χ2v) is 6.11. The molecular formula is C21H18N4O4. The summed E-state index contributed by atoms with van der Waals surface area (Å²) < 4.78 is 16.2. The number of rotatable bonds is 7. The van der Waals surface area contributed by atoms with E-state index in [9.17, 15) is 4.79 Å². The van der Waals surface area contributed by atoms with E-state index in [4.69, 9.17) is 13.9 Å². The van der Waals surface area contributed by atoms with E-state index in [1.54, 1.807) is 49.9 Å². The lowest BCUT2D eigenvalue weighted by Gasteiger charge is -2.07. The van der Waals surface area contributed by atoms with Gasteiger partial charge in [0.1, 0.15) is 17.2 Å². The van der Waals surface area contributed by atoms with Gasteiger partial charge in [0.05, 0.1) is 13.4 Å². The van der Waals surface area contributed by atoms with Crippen molar-refractivity contribution in [3.05, 3.63) is 78.3 Å². The Labute approximate surface area is 166 Å². The van der Waals surface area contributed by atoms with Crippen LogP contribution < -0.4 is 14.8 Å². The number of carbonyl (C=O) groups is 1. The number of carbonyl (C=O) groups excluding carboxylic acids is 1. The van der Waals surface area contributed by atoms with Gasteiger partial charge >= 0.3 is 0 Å². The summed E-state index contributed by atoms with van der Waals surface area (Å²) in [6.07, 6.45) is 3.21. The summed E-state index contributed by atoms with van der Waals surface area (Å²) in [5.74, 6) is 2.10. The highest BCUT2D eigenvalue weighted by Gasteiger charge is 2.12. The number of nitrogens with one attached hydrogen (secondary N) is 2. The minimum Gasteiger partial charge on any atom is -0.497 e. The maximum absolute atomic E-state index is 12.3. The zero-order valence-corrected chi connectivity index (χ0v) is 15.6. The molecule has 0 radical (unpaired) electrons. The molecule has 0 unspecified atom stereocenters. The first-order valence-corrected chi connectivity index (χ1v) is 8.85. The molecule has 1 amide bonds. The fourth-order valence-corrected chi connectivity index (χ4v) is 2.63. The zero-order chi connectivity index (χ0) is 20.1. The smallest absolute Gasteiger partial charge is 0.272 e. The predicted molar refractivity (Wildman–Crippen MR) is 105 cm³/mol. The fraction of sp³-hybridized carbons (Fsp3) is 0.0952. The predicted octanol–water partition coefficient (Wildman–Crippen LogP) is 3.80. The Hall–Kier alpha value is -4.07. The van der Waals surface area contributed by atoms with Crippen molar-refractivity contribution in [1.82, 2.24) is 20.5 Å². The lowest BCUT2D eigenvalue weighted by atomic mass is 10.2. The van der Waals surface area contributed by atoms with E-state index in [1.807, 2.05) is 24.3 Å². The van der Waals surface area contributed by atoms with Crippen molar-refractivity contribution in [3.63, 3.8) is 0 Å². The third-order valence-corrected chi connectivity index (χ3v) is 4.11. The topological polar surface area (TPSA) is 102 Å². The molecule has 3 heterocycles. The molecule has 0 aliphatic carbocycles. The third kappa shape index (κ3) is 4.44. The zero-order valence-electron chi connectivity index (χ0n) is 15.6. The number of furan rings is 1. The van der Waals surface area contributed by atoms with E-state index in [-0.39, 0.29) is 11.6 Å². The third-order valence-electron chi connectivity index (χ3n) is 4.11. The summed E-state index contributed by atoms with van der Waals surface area (Å²) in [7, 11) is 1.60. The molecule has 0 spiro atoms. The summed E-state index contributed by atoms with van der Waals surface area (Å²) in [5.41, 5.74) is 1.75. The second kappa shape index (κ2) is 8.30. The van der Waals surface area contributed by atoms with Crippen LogP contribution in [0.5, 0.6) is 17.4 Å². The Kier molecular flexibility index (Phi) is 5.24. The molecule has 4 aromatic rings. The van der Waals surface area contributed by atoms with Crippen molar-refractivity contribution in [3.8, 4) is 28.8 Å². The van der Waals surface area contributed by atoms with Crippen LogP contribution in [0.4, 0.5) is 0 Å². The first-order chi connectivity index (χ1) is 14.2. The SMILES string of the molecule is COc1cccc(Oc2ccc(CNC(=O)c3cc(-c4ccco4)[nH]n3)cn2)c1. The molecule has 0 aliphatic rings.